The fourth-order valence-corrected chi connectivity index (χ4v) is 4.91. The number of nitrogens with one attached hydrogen (secondary N) is 3. The number of benzene rings is 2. The Morgan fingerprint density at radius 2 is 1.69 bits per heavy atom. The van der Waals surface area contributed by atoms with Gasteiger partial charge in [-0.2, -0.15) is 0 Å². The lowest BCUT2D eigenvalue weighted by molar-refractivity contribution is -0.120. The molecule has 1 fully saturated rings. The summed E-state index contributed by atoms with van der Waals surface area (Å²) >= 11 is 0. The van der Waals surface area contributed by atoms with E-state index in [0.717, 1.165) is 32.1 Å². The number of carbonyl (C=O) groups excluding carboxylic acids is 2. The second kappa shape index (κ2) is 9.79. The van der Waals surface area contributed by atoms with Gasteiger partial charge in [-0.3, -0.25) is 9.59 Å². The first-order chi connectivity index (χ1) is 15.1. The zero-order valence-corrected chi connectivity index (χ0v) is 19.2. The Hall–Kier alpha value is -2.78. The number of sulfonamides is 1. The van der Waals surface area contributed by atoms with Gasteiger partial charge in [-0.25, -0.2) is 17.5 Å². The predicted octanol–water partition coefficient (Wildman–Crippen LogP) is 4.12. The molecule has 0 spiro atoms. The third-order valence-corrected chi connectivity index (χ3v) is 7.44. The summed E-state index contributed by atoms with van der Waals surface area (Å²) < 4.78 is 41.1. The van der Waals surface area contributed by atoms with Crippen molar-refractivity contribution < 1.29 is 22.4 Å². The molecule has 1 aliphatic rings. The van der Waals surface area contributed by atoms with Crippen LogP contribution in [0.4, 0.5) is 15.8 Å². The van der Waals surface area contributed by atoms with Crippen LogP contribution in [0.5, 0.6) is 0 Å². The first-order valence-electron chi connectivity index (χ1n) is 10.6. The largest absolute Gasteiger partial charge is 0.323 e. The highest BCUT2D eigenvalue weighted by atomic mass is 32.2. The SMILES string of the molecule is CNS(=O)(=O)c1cc(C(=O)Nc2ccc(F)c(NC(=O)C3CCCCC3)c2)cc(C)c1C. The van der Waals surface area contributed by atoms with Crippen LogP contribution in [0.3, 0.4) is 0 Å². The molecule has 3 N–H and O–H groups in total. The molecule has 1 saturated carbocycles. The number of halogens is 1. The minimum Gasteiger partial charge on any atom is -0.323 e. The molecule has 0 heterocycles. The van der Waals surface area contributed by atoms with Crippen LogP contribution in [0.25, 0.3) is 0 Å². The Labute approximate surface area is 187 Å². The lowest BCUT2D eigenvalue weighted by Crippen LogP contribution is -2.25. The number of anilines is 2. The molecule has 7 nitrogen and oxygen atoms in total. The highest BCUT2D eigenvalue weighted by molar-refractivity contribution is 7.89. The Morgan fingerprint density at radius 1 is 1.00 bits per heavy atom. The van der Waals surface area contributed by atoms with Gasteiger partial charge in [-0.15, -0.1) is 0 Å². The minimum absolute atomic E-state index is 0.00286. The molecule has 9 heteroatoms. The summed E-state index contributed by atoms with van der Waals surface area (Å²) in [6.07, 6.45) is 4.65. The maximum absolute atomic E-state index is 14.3. The number of rotatable bonds is 6. The van der Waals surface area contributed by atoms with Crippen molar-refractivity contribution >= 4 is 33.2 Å². The molecule has 3 rings (SSSR count). The molecule has 0 saturated heterocycles. The topological polar surface area (TPSA) is 104 Å². The lowest BCUT2D eigenvalue weighted by atomic mass is 9.88. The van der Waals surface area contributed by atoms with Crippen LogP contribution < -0.4 is 15.4 Å². The second-order valence-corrected chi connectivity index (χ2v) is 9.95. The van der Waals surface area contributed by atoms with E-state index in [1.807, 2.05) is 0 Å². The van der Waals surface area contributed by atoms with Crippen LogP contribution in [0.1, 0.15) is 53.6 Å². The number of amides is 2. The van der Waals surface area contributed by atoms with Crippen molar-refractivity contribution in [2.24, 2.45) is 5.92 Å². The molecule has 0 unspecified atom stereocenters. The standard InChI is InChI=1S/C23H28FN3O4S/c1-14-11-17(12-21(15(14)2)32(30,31)25-3)23(29)26-18-9-10-19(24)20(13-18)27-22(28)16-7-5-4-6-8-16/h9-13,16,25H,4-8H2,1-3H3,(H,26,29)(H,27,28). The van der Waals surface area contributed by atoms with Crippen molar-refractivity contribution in [3.8, 4) is 0 Å². The molecule has 2 aromatic carbocycles. The predicted molar refractivity (Wildman–Crippen MR) is 122 cm³/mol. The second-order valence-electron chi connectivity index (χ2n) is 8.10. The van der Waals surface area contributed by atoms with E-state index in [4.69, 9.17) is 0 Å². The van der Waals surface area contributed by atoms with E-state index in [9.17, 15) is 22.4 Å². The lowest BCUT2D eigenvalue weighted by Gasteiger charge is -2.21. The van der Waals surface area contributed by atoms with E-state index in [2.05, 4.69) is 15.4 Å². The molecule has 0 atom stereocenters. The number of hydrogen-bond acceptors (Lipinski definition) is 4. The van der Waals surface area contributed by atoms with Crippen molar-refractivity contribution in [1.82, 2.24) is 4.72 Å². The minimum atomic E-state index is -3.74. The molecule has 32 heavy (non-hydrogen) atoms. The summed E-state index contributed by atoms with van der Waals surface area (Å²) in [6.45, 7) is 3.39. The first-order valence-corrected chi connectivity index (χ1v) is 12.1. The summed E-state index contributed by atoms with van der Waals surface area (Å²) in [5.41, 5.74) is 1.62. The van der Waals surface area contributed by atoms with Gasteiger partial charge in [-0.1, -0.05) is 19.3 Å². The average Bonchev–Trinajstić information content (AvgIpc) is 2.78. The summed E-state index contributed by atoms with van der Waals surface area (Å²) in [7, 11) is -2.44. The van der Waals surface area contributed by atoms with Gasteiger partial charge in [-0.05, 0) is 75.2 Å². The van der Waals surface area contributed by atoms with Crippen molar-refractivity contribution in [2.75, 3.05) is 17.7 Å². The maximum atomic E-state index is 14.3. The van der Waals surface area contributed by atoms with E-state index < -0.39 is 21.7 Å². The molecule has 0 bridgehead atoms. The highest BCUT2D eigenvalue weighted by Gasteiger charge is 2.23. The Morgan fingerprint density at radius 3 is 2.34 bits per heavy atom. The first kappa shape index (κ1) is 23.9. The Balaban J connectivity index is 1.81. The van der Waals surface area contributed by atoms with Crippen molar-refractivity contribution in [1.29, 1.82) is 0 Å². The normalized spacial score (nSPS) is 14.8. The number of aryl methyl sites for hydroxylation is 1. The van der Waals surface area contributed by atoms with Crippen LogP contribution >= 0.6 is 0 Å². The highest BCUT2D eigenvalue weighted by Crippen LogP contribution is 2.27. The van der Waals surface area contributed by atoms with Crippen LogP contribution in [0.15, 0.2) is 35.2 Å². The van der Waals surface area contributed by atoms with Gasteiger partial charge < -0.3 is 10.6 Å². The Kier molecular flexibility index (Phi) is 7.30. The summed E-state index contributed by atoms with van der Waals surface area (Å²) in [4.78, 5) is 25.3. The van der Waals surface area contributed by atoms with Gasteiger partial charge in [0.25, 0.3) is 5.91 Å². The quantitative estimate of drug-likeness (QED) is 0.602. The van der Waals surface area contributed by atoms with E-state index in [1.54, 1.807) is 19.9 Å². The molecule has 2 aromatic rings. The molecular weight excluding hydrogens is 433 g/mol. The van der Waals surface area contributed by atoms with Gasteiger partial charge in [0.2, 0.25) is 15.9 Å². The van der Waals surface area contributed by atoms with Crippen LogP contribution in [-0.4, -0.2) is 27.3 Å². The molecule has 172 valence electrons. The van der Waals surface area contributed by atoms with E-state index in [0.29, 0.717) is 11.1 Å². The van der Waals surface area contributed by atoms with E-state index in [1.165, 1.54) is 31.3 Å². The maximum Gasteiger partial charge on any atom is 0.255 e. The summed E-state index contributed by atoms with van der Waals surface area (Å²) in [5, 5.41) is 5.28. The molecule has 2 amide bonds. The van der Waals surface area contributed by atoms with Crippen molar-refractivity contribution in [3.63, 3.8) is 0 Å². The van der Waals surface area contributed by atoms with Gasteiger partial charge in [0.05, 0.1) is 10.6 Å². The fourth-order valence-electron chi connectivity index (χ4n) is 3.85. The number of hydrogen-bond donors (Lipinski definition) is 3. The van der Waals surface area contributed by atoms with Gasteiger partial charge in [0, 0.05) is 17.2 Å². The van der Waals surface area contributed by atoms with Crippen LogP contribution in [0, 0.1) is 25.6 Å². The monoisotopic (exact) mass is 461 g/mol. The third kappa shape index (κ3) is 5.34. The van der Waals surface area contributed by atoms with Crippen LogP contribution in [-0.2, 0) is 14.8 Å². The van der Waals surface area contributed by atoms with Gasteiger partial charge in [0.1, 0.15) is 5.82 Å². The molecule has 0 aromatic heterocycles. The smallest absolute Gasteiger partial charge is 0.255 e. The van der Waals surface area contributed by atoms with E-state index >= 15 is 0 Å². The number of carbonyl (C=O) groups is 2. The van der Waals surface area contributed by atoms with Gasteiger partial charge in [0.15, 0.2) is 0 Å². The van der Waals surface area contributed by atoms with E-state index in [-0.39, 0.29) is 33.7 Å². The fraction of sp³-hybridized carbons (Fsp3) is 0.391. The molecule has 0 aliphatic heterocycles. The van der Waals surface area contributed by atoms with Crippen LogP contribution in [0.2, 0.25) is 0 Å². The zero-order valence-electron chi connectivity index (χ0n) is 18.4. The molecule has 0 radical (unpaired) electrons. The van der Waals surface area contributed by atoms with Crippen molar-refractivity contribution in [3.05, 3.63) is 52.8 Å². The summed E-state index contributed by atoms with van der Waals surface area (Å²) in [5.74, 6) is -1.50. The third-order valence-electron chi connectivity index (χ3n) is 5.90. The molecule has 1 aliphatic carbocycles. The summed E-state index contributed by atoms with van der Waals surface area (Å²) in [6, 6.07) is 6.81. The molecular formula is C23H28FN3O4S. The van der Waals surface area contributed by atoms with Crippen molar-refractivity contribution in [2.45, 2.75) is 50.8 Å². The average molecular weight is 462 g/mol. The Bertz CT molecular complexity index is 1140. The zero-order chi connectivity index (χ0) is 23.5. The van der Waals surface area contributed by atoms with Gasteiger partial charge >= 0.3 is 0 Å².